The molecule has 4 aromatic rings. The van der Waals surface area contributed by atoms with Crippen LogP contribution in [0.4, 0.5) is 5.69 Å². The molecule has 3 aromatic carbocycles. The molecule has 10 heteroatoms. The Hall–Kier alpha value is -3.04. The van der Waals surface area contributed by atoms with Crippen LogP contribution in [0.25, 0.3) is 6.08 Å². The largest absolute Gasteiger partial charge is 0.489 e. The van der Waals surface area contributed by atoms with Gasteiger partial charge in [0.2, 0.25) is 5.79 Å². The molecule has 0 radical (unpaired) electrons. The molecular formula is C32H31Cl3N4O3. The topological polar surface area (TPSA) is 74.8 Å². The number of halogens is 3. The highest BCUT2D eigenvalue weighted by atomic mass is 35.5. The van der Waals surface area contributed by atoms with Crippen molar-refractivity contribution in [1.29, 1.82) is 0 Å². The van der Waals surface area contributed by atoms with Gasteiger partial charge in [-0.05, 0) is 53.4 Å². The van der Waals surface area contributed by atoms with Crippen LogP contribution < -0.4 is 10.5 Å². The smallest absolute Gasteiger partial charge is 0.215 e. The van der Waals surface area contributed by atoms with Crippen molar-refractivity contribution in [3.63, 3.8) is 0 Å². The lowest BCUT2D eigenvalue weighted by molar-refractivity contribution is -0.189. The van der Waals surface area contributed by atoms with Crippen molar-refractivity contribution in [3.05, 3.63) is 117 Å². The second-order valence-corrected chi connectivity index (χ2v) is 11.8. The number of hydrogen-bond acceptors (Lipinski definition) is 6. The molecule has 0 amide bonds. The minimum atomic E-state index is -1.11. The molecule has 6 rings (SSSR count). The van der Waals surface area contributed by atoms with Crippen molar-refractivity contribution in [2.75, 3.05) is 32.0 Å². The average Bonchev–Trinajstić information content (AvgIpc) is 3.64. The number of aromatic nitrogens is 2. The molecule has 0 aliphatic carbocycles. The highest BCUT2D eigenvalue weighted by molar-refractivity contribution is 6.35. The van der Waals surface area contributed by atoms with Crippen LogP contribution in [0.1, 0.15) is 22.3 Å². The summed E-state index contributed by atoms with van der Waals surface area (Å²) < 4.78 is 20.9. The summed E-state index contributed by atoms with van der Waals surface area (Å²) in [6.07, 6.45) is 10.1. The molecule has 2 N–H and O–H groups in total. The van der Waals surface area contributed by atoms with Crippen LogP contribution in [0.2, 0.25) is 15.1 Å². The van der Waals surface area contributed by atoms with E-state index in [9.17, 15) is 0 Å². The van der Waals surface area contributed by atoms with Crippen molar-refractivity contribution < 1.29 is 14.2 Å². The Labute approximate surface area is 260 Å². The molecule has 2 aliphatic rings. The van der Waals surface area contributed by atoms with E-state index in [1.807, 2.05) is 47.2 Å². The predicted octanol–water partition coefficient (Wildman–Crippen LogP) is 6.84. The first-order valence-corrected chi connectivity index (χ1v) is 14.9. The SMILES string of the molecule is Nc1c(OCC2COC(Cn3ccnc3)(c3ccc(Cl)cc3Cl)O2)ccc2c1CCN(C/C=C\c1ccc(Cl)cc1)C2. The number of ether oxygens (including phenoxy) is 3. The Balaban J connectivity index is 1.09. The monoisotopic (exact) mass is 624 g/mol. The molecule has 1 saturated heterocycles. The summed E-state index contributed by atoms with van der Waals surface area (Å²) in [4.78, 5) is 6.55. The number of nitrogen functional groups attached to an aromatic ring is 1. The first-order chi connectivity index (χ1) is 20.4. The van der Waals surface area contributed by atoms with Gasteiger partial charge in [-0.2, -0.15) is 0 Å². The summed E-state index contributed by atoms with van der Waals surface area (Å²) in [5.41, 5.74) is 11.5. The van der Waals surface area contributed by atoms with Crippen molar-refractivity contribution in [3.8, 4) is 5.75 Å². The lowest BCUT2D eigenvalue weighted by atomic mass is 9.97. The maximum atomic E-state index is 6.61. The number of imidazole rings is 1. The zero-order chi connectivity index (χ0) is 29.1. The maximum Gasteiger partial charge on any atom is 0.215 e. The fourth-order valence-corrected chi connectivity index (χ4v) is 6.15. The second kappa shape index (κ2) is 12.7. The molecule has 0 spiro atoms. The van der Waals surface area contributed by atoms with E-state index in [2.05, 4.69) is 28.1 Å². The number of anilines is 1. The first-order valence-electron chi connectivity index (χ1n) is 13.8. The van der Waals surface area contributed by atoms with Crippen molar-refractivity contribution in [2.45, 2.75) is 31.4 Å². The van der Waals surface area contributed by atoms with E-state index in [1.54, 1.807) is 24.7 Å². The lowest BCUT2D eigenvalue weighted by Crippen LogP contribution is -2.34. The molecule has 42 heavy (non-hydrogen) atoms. The number of nitrogens with two attached hydrogens (primary N) is 1. The Morgan fingerprint density at radius 1 is 1.07 bits per heavy atom. The number of nitrogens with zero attached hydrogens (tertiary/aromatic N) is 3. The molecule has 1 aromatic heterocycles. The van der Waals surface area contributed by atoms with Gasteiger partial charge in [-0.1, -0.05) is 71.2 Å². The molecule has 2 unspecified atom stereocenters. The van der Waals surface area contributed by atoms with Crippen LogP contribution in [-0.4, -0.2) is 46.9 Å². The summed E-state index contributed by atoms with van der Waals surface area (Å²) in [5, 5.41) is 1.75. The molecule has 2 aliphatic heterocycles. The van der Waals surface area contributed by atoms with Gasteiger partial charge in [0.05, 0.1) is 30.2 Å². The Morgan fingerprint density at radius 2 is 1.90 bits per heavy atom. The zero-order valence-corrected chi connectivity index (χ0v) is 25.2. The van der Waals surface area contributed by atoms with E-state index < -0.39 is 5.79 Å². The number of hydrogen-bond donors (Lipinski definition) is 1. The van der Waals surface area contributed by atoms with E-state index >= 15 is 0 Å². The van der Waals surface area contributed by atoms with E-state index in [1.165, 1.54) is 5.56 Å². The summed E-state index contributed by atoms with van der Waals surface area (Å²) in [7, 11) is 0. The first kappa shape index (κ1) is 29.1. The fraction of sp³-hybridized carbons (Fsp3) is 0.281. The van der Waals surface area contributed by atoms with Gasteiger partial charge in [0.1, 0.15) is 18.5 Å². The number of benzene rings is 3. The van der Waals surface area contributed by atoms with Crippen molar-refractivity contribution in [2.24, 2.45) is 0 Å². The van der Waals surface area contributed by atoms with Crippen LogP contribution in [0.5, 0.6) is 5.75 Å². The van der Waals surface area contributed by atoms with Gasteiger partial charge in [-0.25, -0.2) is 4.98 Å². The van der Waals surface area contributed by atoms with E-state index in [0.29, 0.717) is 40.2 Å². The molecule has 1 fully saturated rings. The molecular weight excluding hydrogens is 595 g/mol. The van der Waals surface area contributed by atoms with Crippen molar-refractivity contribution >= 4 is 46.6 Å². The Bertz CT molecular complexity index is 1560. The molecule has 0 bridgehead atoms. The number of rotatable bonds is 9. The lowest BCUT2D eigenvalue weighted by Gasteiger charge is -2.30. The van der Waals surface area contributed by atoms with E-state index in [-0.39, 0.29) is 12.7 Å². The van der Waals surface area contributed by atoms with Gasteiger partial charge in [-0.3, -0.25) is 4.90 Å². The van der Waals surface area contributed by atoms with Crippen LogP contribution in [-0.2, 0) is 34.8 Å². The quantitative estimate of drug-likeness (QED) is 0.205. The highest BCUT2D eigenvalue weighted by Gasteiger charge is 2.45. The van der Waals surface area contributed by atoms with Gasteiger partial charge in [0.15, 0.2) is 0 Å². The third-order valence-electron chi connectivity index (χ3n) is 7.61. The minimum Gasteiger partial charge on any atom is -0.489 e. The predicted molar refractivity (Wildman–Crippen MR) is 167 cm³/mol. The summed E-state index contributed by atoms with van der Waals surface area (Å²) in [6, 6.07) is 17.2. The molecule has 2 atom stereocenters. The zero-order valence-electron chi connectivity index (χ0n) is 22.9. The molecule has 0 saturated carbocycles. The molecule has 218 valence electrons. The molecule has 3 heterocycles. The van der Waals surface area contributed by atoms with Gasteiger partial charge in [0, 0.05) is 47.6 Å². The number of fused-ring (bicyclic) bond motifs is 1. The normalized spacial score (nSPS) is 20.7. The average molecular weight is 626 g/mol. The third-order valence-corrected chi connectivity index (χ3v) is 8.41. The minimum absolute atomic E-state index is 0.279. The fourth-order valence-electron chi connectivity index (χ4n) is 5.47. The van der Waals surface area contributed by atoms with Gasteiger partial charge >= 0.3 is 0 Å². The van der Waals surface area contributed by atoms with Crippen LogP contribution >= 0.6 is 34.8 Å². The van der Waals surface area contributed by atoms with Gasteiger partial charge in [0.25, 0.3) is 0 Å². The van der Waals surface area contributed by atoms with Gasteiger partial charge in [-0.15, -0.1) is 0 Å². The van der Waals surface area contributed by atoms with E-state index in [0.717, 1.165) is 42.2 Å². The van der Waals surface area contributed by atoms with Gasteiger partial charge < -0.3 is 24.5 Å². The standard InChI is InChI=1S/C32H31Cl3N4O3/c33-24-6-3-22(4-7-24)2-1-13-38-14-11-27-23(17-38)5-10-30(31(27)36)40-18-26-19-41-32(42-26,20-39-15-12-37-21-39)28-9-8-25(34)16-29(28)35/h1-10,12,15-16,21,26H,11,13-14,17-20,36H2/b2-1-. The van der Waals surface area contributed by atoms with E-state index in [4.69, 9.17) is 54.7 Å². The molecule has 7 nitrogen and oxygen atoms in total. The Kier molecular flexibility index (Phi) is 8.77. The maximum absolute atomic E-state index is 6.61. The highest BCUT2D eigenvalue weighted by Crippen LogP contribution is 2.41. The third kappa shape index (κ3) is 6.47. The summed E-state index contributed by atoms with van der Waals surface area (Å²) in [5.74, 6) is -0.450. The summed E-state index contributed by atoms with van der Waals surface area (Å²) in [6.45, 7) is 3.60. The summed E-state index contributed by atoms with van der Waals surface area (Å²) >= 11 is 18.7. The second-order valence-electron chi connectivity index (χ2n) is 10.5. The van der Waals surface area contributed by atoms with Crippen LogP contribution in [0.3, 0.4) is 0 Å². The Morgan fingerprint density at radius 3 is 2.69 bits per heavy atom. The van der Waals surface area contributed by atoms with Crippen LogP contribution in [0.15, 0.2) is 79.4 Å². The van der Waals surface area contributed by atoms with Crippen molar-refractivity contribution in [1.82, 2.24) is 14.5 Å². The van der Waals surface area contributed by atoms with Crippen LogP contribution in [0, 0.1) is 0 Å².